The van der Waals surface area contributed by atoms with Crippen LogP contribution < -0.4 is 4.74 Å². The smallest absolute Gasteiger partial charge is 0.481 e. The molecule has 0 saturated carbocycles. The molecular weight excluding hydrogens is 580 g/mol. The number of ether oxygens (including phenoxy) is 1. The number of likely N-dealkylation sites (tertiary alicyclic amines) is 1. The van der Waals surface area contributed by atoms with E-state index in [0.29, 0.717) is 5.88 Å². The second kappa shape index (κ2) is 13.4. The highest BCUT2D eigenvalue weighted by atomic mass is 19.4. The number of likely N-dealkylation sites (N-methyl/N-ethyl adjacent to an activating group) is 1. The van der Waals surface area contributed by atoms with Gasteiger partial charge in [0.1, 0.15) is 0 Å². The highest BCUT2D eigenvalue weighted by Crippen LogP contribution is 2.41. The van der Waals surface area contributed by atoms with Gasteiger partial charge in [0, 0.05) is 49.6 Å². The maximum Gasteiger partial charge on any atom is 0.490 e. The molecular formula is C25H31F6N5O6. The van der Waals surface area contributed by atoms with Gasteiger partial charge < -0.3 is 19.8 Å². The van der Waals surface area contributed by atoms with E-state index in [9.17, 15) is 31.1 Å². The molecule has 1 spiro atoms. The summed E-state index contributed by atoms with van der Waals surface area (Å²) in [4.78, 5) is 39.1. The molecule has 0 aromatic carbocycles. The summed E-state index contributed by atoms with van der Waals surface area (Å²) in [5.74, 6) is -4.72. The van der Waals surface area contributed by atoms with Gasteiger partial charge in [-0.05, 0) is 45.8 Å². The molecule has 0 atom stereocenters. The zero-order chi connectivity index (χ0) is 32.0. The third-order valence-corrected chi connectivity index (χ3v) is 6.62. The van der Waals surface area contributed by atoms with Crippen molar-refractivity contribution in [1.29, 1.82) is 0 Å². The lowest BCUT2D eigenvalue weighted by Crippen LogP contribution is -2.53. The van der Waals surface area contributed by atoms with Crippen LogP contribution in [0.2, 0.25) is 0 Å². The molecule has 42 heavy (non-hydrogen) atoms. The predicted molar refractivity (Wildman–Crippen MR) is 134 cm³/mol. The van der Waals surface area contributed by atoms with Gasteiger partial charge in [-0.15, -0.1) is 0 Å². The normalized spacial score (nSPS) is 16.6. The zero-order valence-electron chi connectivity index (χ0n) is 23.2. The molecule has 1 amide bonds. The lowest BCUT2D eigenvalue weighted by Gasteiger charge is -2.45. The van der Waals surface area contributed by atoms with Crippen molar-refractivity contribution < 1.29 is 55.7 Å². The van der Waals surface area contributed by atoms with E-state index in [0.717, 1.165) is 55.8 Å². The second-order valence-corrected chi connectivity index (χ2v) is 9.96. The Morgan fingerprint density at radius 3 is 2.05 bits per heavy atom. The molecule has 17 heteroatoms. The molecule has 0 aliphatic carbocycles. The van der Waals surface area contributed by atoms with Crippen LogP contribution in [-0.2, 0) is 21.5 Å². The Kier molecular flexibility index (Phi) is 10.9. The number of carboxylic acids is 2. The molecule has 0 unspecified atom stereocenters. The van der Waals surface area contributed by atoms with Crippen molar-refractivity contribution in [2.75, 3.05) is 33.8 Å². The minimum atomic E-state index is -5.08. The van der Waals surface area contributed by atoms with Crippen molar-refractivity contribution in [3.63, 3.8) is 0 Å². The first kappa shape index (κ1) is 34.3. The Balaban J connectivity index is 0.000000367. The molecule has 11 nitrogen and oxygen atoms in total. The fourth-order valence-electron chi connectivity index (χ4n) is 4.51. The predicted octanol–water partition coefficient (Wildman–Crippen LogP) is 3.75. The summed E-state index contributed by atoms with van der Waals surface area (Å²) in [5, 5.41) is 19.1. The molecule has 2 aliphatic heterocycles. The molecule has 0 radical (unpaired) electrons. The number of halogens is 6. The highest BCUT2D eigenvalue weighted by molar-refractivity contribution is 5.96. The first-order chi connectivity index (χ1) is 19.3. The molecule has 0 bridgehead atoms. The average molecular weight is 612 g/mol. The molecule has 4 rings (SSSR count). The summed E-state index contributed by atoms with van der Waals surface area (Å²) >= 11 is 0. The molecule has 2 aromatic rings. The Morgan fingerprint density at radius 1 is 1.07 bits per heavy atom. The van der Waals surface area contributed by atoms with Crippen LogP contribution >= 0.6 is 0 Å². The van der Waals surface area contributed by atoms with Gasteiger partial charge in [-0.3, -0.25) is 14.4 Å². The number of rotatable bonds is 4. The molecule has 2 N–H and O–H groups in total. The number of fused-ring (bicyclic) bond motifs is 2. The molecule has 1 saturated heterocycles. The van der Waals surface area contributed by atoms with Gasteiger partial charge in [-0.1, -0.05) is 6.07 Å². The van der Waals surface area contributed by atoms with Crippen LogP contribution in [0.1, 0.15) is 54.3 Å². The van der Waals surface area contributed by atoms with Crippen LogP contribution in [0.4, 0.5) is 26.3 Å². The minimum Gasteiger partial charge on any atom is -0.481 e. The highest BCUT2D eigenvalue weighted by Gasteiger charge is 2.46. The third-order valence-electron chi connectivity index (χ3n) is 6.62. The maximum atomic E-state index is 12.7. The number of hydrogen-bond acceptors (Lipinski definition) is 7. The largest absolute Gasteiger partial charge is 0.490 e. The van der Waals surface area contributed by atoms with Crippen molar-refractivity contribution in [2.45, 2.75) is 57.0 Å². The van der Waals surface area contributed by atoms with Gasteiger partial charge in [-0.25, -0.2) is 14.6 Å². The van der Waals surface area contributed by atoms with E-state index >= 15 is 0 Å². The SMILES string of the molecule is COc1ncccc1CN1CCC2(CC1)CN(C)C(=O)c1cn(C(C)C)nc12.O=C(O)C(F)(F)F.O=C(O)C(F)(F)F. The van der Waals surface area contributed by atoms with E-state index in [1.54, 1.807) is 13.3 Å². The van der Waals surface area contributed by atoms with Crippen LogP contribution in [0.15, 0.2) is 24.5 Å². The fraction of sp³-hybridized carbons (Fsp3) is 0.560. The number of methoxy groups -OCH3 is 1. The van der Waals surface area contributed by atoms with Crippen molar-refractivity contribution in [1.82, 2.24) is 24.6 Å². The fourth-order valence-corrected chi connectivity index (χ4v) is 4.51. The number of carbonyl (C=O) groups excluding carboxylic acids is 1. The van der Waals surface area contributed by atoms with Gasteiger partial charge in [0.2, 0.25) is 5.88 Å². The number of hydrogen-bond donors (Lipinski definition) is 2. The van der Waals surface area contributed by atoms with Crippen molar-refractivity contribution in [2.24, 2.45) is 0 Å². The van der Waals surface area contributed by atoms with Gasteiger partial charge in [0.25, 0.3) is 5.91 Å². The summed E-state index contributed by atoms with van der Waals surface area (Å²) in [5.41, 5.74) is 2.85. The number of aliphatic carboxylic acids is 2. The van der Waals surface area contributed by atoms with E-state index in [4.69, 9.17) is 29.6 Å². The zero-order valence-corrected chi connectivity index (χ0v) is 23.2. The number of aromatic nitrogens is 3. The van der Waals surface area contributed by atoms with E-state index in [1.807, 2.05) is 28.9 Å². The number of nitrogens with zero attached hydrogens (tertiary/aromatic N) is 5. The first-order valence-electron chi connectivity index (χ1n) is 12.5. The van der Waals surface area contributed by atoms with Gasteiger partial charge in [-0.2, -0.15) is 31.4 Å². The van der Waals surface area contributed by atoms with Crippen molar-refractivity contribution in [3.8, 4) is 5.88 Å². The number of piperidine rings is 1. The Hall–Kier alpha value is -3.89. The summed E-state index contributed by atoms with van der Waals surface area (Å²) in [6.45, 7) is 7.71. The molecule has 1 fully saturated rings. The minimum absolute atomic E-state index is 0.0480. The average Bonchev–Trinajstić information content (AvgIpc) is 3.36. The summed E-state index contributed by atoms with van der Waals surface area (Å²) < 4.78 is 70.8. The Labute approximate surface area is 236 Å². The van der Waals surface area contributed by atoms with Gasteiger partial charge in [0.05, 0.1) is 18.4 Å². The summed E-state index contributed by atoms with van der Waals surface area (Å²) in [6, 6.07) is 4.28. The van der Waals surface area contributed by atoms with Crippen LogP contribution in [0.25, 0.3) is 0 Å². The Morgan fingerprint density at radius 2 is 1.60 bits per heavy atom. The topological polar surface area (TPSA) is 138 Å². The lowest BCUT2D eigenvalue weighted by molar-refractivity contribution is -0.193. The number of pyridine rings is 1. The molecule has 234 valence electrons. The van der Waals surface area contributed by atoms with Crippen molar-refractivity contribution >= 4 is 17.8 Å². The van der Waals surface area contributed by atoms with E-state index in [-0.39, 0.29) is 17.4 Å². The maximum absolute atomic E-state index is 12.7. The number of alkyl halides is 6. The van der Waals surface area contributed by atoms with E-state index in [1.165, 1.54) is 0 Å². The van der Waals surface area contributed by atoms with E-state index < -0.39 is 24.3 Å². The third kappa shape index (κ3) is 8.56. The van der Waals surface area contributed by atoms with Gasteiger partial charge in [0.15, 0.2) is 0 Å². The Bertz CT molecular complexity index is 1230. The van der Waals surface area contributed by atoms with Crippen LogP contribution in [0, 0.1) is 0 Å². The first-order valence-corrected chi connectivity index (χ1v) is 12.5. The standard InChI is InChI=1S/C21H29N5O2.2C2HF3O2/c1-15(2)26-13-17-18(23-26)21(14-24(3)20(17)27)7-10-25(11-8-21)12-16-6-5-9-22-19(16)28-4;2*3-2(4,5)1(6)7/h5-6,9,13,15H,7-8,10-12,14H2,1-4H3;2*(H,6,7). The number of carboxylic acid groups (broad SMARTS) is 2. The van der Waals surface area contributed by atoms with Crippen molar-refractivity contribution in [3.05, 3.63) is 41.3 Å². The van der Waals surface area contributed by atoms with Gasteiger partial charge >= 0.3 is 24.3 Å². The number of carbonyl (C=O) groups is 3. The summed E-state index contributed by atoms with van der Waals surface area (Å²) in [7, 11) is 3.57. The van der Waals surface area contributed by atoms with E-state index in [2.05, 4.69) is 29.8 Å². The lowest BCUT2D eigenvalue weighted by atomic mass is 9.72. The quantitative estimate of drug-likeness (QED) is 0.495. The van der Waals surface area contributed by atoms with Crippen LogP contribution in [0.5, 0.6) is 5.88 Å². The van der Waals surface area contributed by atoms with Crippen LogP contribution in [-0.4, -0.2) is 98.8 Å². The summed E-state index contributed by atoms with van der Waals surface area (Å²) in [6.07, 6.45) is -4.48. The molecule has 2 aliphatic rings. The number of amides is 1. The molecule has 4 heterocycles. The van der Waals surface area contributed by atoms with Crippen LogP contribution in [0.3, 0.4) is 0 Å². The molecule has 2 aromatic heterocycles. The second-order valence-electron chi connectivity index (χ2n) is 9.96. The monoisotopic (exact) mass is 611 g/mol.